The van der Waals surface area contributed by atoms with Crippen LogP contribution in [0.5, 0.6) is 0 Å². The normalized spacial score (nSPS) is 16.8. The monoisotopic (exact) mass is 583 g/mol. The van der Waals surface area contributed by atoms with Gasteiger partial charge in [-0.15, -0.1) is 0 Å². The van der Waals surface area contributed by atoms with Crippen LogP contribution >= 0.6 is 23.2 Å². The number of anilines is 2. The SMILES string of the molecule is O=C(Nc1ccc(S(=O)(=O)Nc2ncccn2)cc1)[C@H]1CCCN(S(=O)(=O)Cc2c(Cl)cccc2Cl)C1. The van der Waals surface area contributed by atoms with Crippen molar-refractivity contribution in [2.24, 2.45) is 5.92 Å². The van der Waals surface area contributed by atoms with Gasteiger partial charge in [-0.25, -0.2) is 35.8 Å². The van der Waals surface area contributed by atoms with Crippen LogP contribution < -0.4 is 10.0 Å². The molecule has 0 bridgehead atoms. The van der Waals surface area contributed by atoms with E-state index in [0.29, 0.717) is 30.6 Å². The summed E-state index contributed by atoms with van der Waals surface area (Å²) in [5.74, 6) is -1.36. The predicted molar refractivity (Wildman–Crippen MR) is 141 cm³/mol. The molecule has 10 nitrogen and oxygen atoms in total. The minimum Gasteiger partial charge on any atom is -0.326 e. The summed E-state index contributed by atoms with van der Waals surface area (Å²) in [5.41, 5.74) is 0.698. The van der Waals surface area contributed by atoms with Gasteiger partial charge in [0, 0.05) is 46.8 Å². The molecule has 2 N–H and O–H groups in total. The Labute approximate surface area is 225 Å². The van der Waals surface area contributed by atoms with Gasteiger partial charge in [0.15, 0.2) is 0 Å². The van der Waals surface area contributed by atoms with E-state index in [1.165, 1.54) is 41.0 Å². The number of nitrogens with zero attached hydrogens (tertiary/aromatic N) is 3. The molecule has 3 aromatic rings. The van der Waals surface area contributed by atoms with E-state index in [1.54, 1.807) is 24.3 Å². The van der Waals surface area contributed by atoms with E-state index >= 15 is 0 Å². The lowest BCUT2D eigenvalue weighted by Gasteiger charge is -2.31. The number of rotatable bonds is 8. The fourth-order valence-corrected chi connectivity index (χ4v) is 7.17. The van der Waals surface area contributed by atoms with Crippen LogP contribution in [0.3, 0.4) is 0 Å². The zero-order valence-electron chi connectivity index (χ0n) is 19.3. The van der Waals surface area contributed by atoms with Crippen LogP contribution in [0, 0.1) is 5.92 Å². The maximum absolute atomic E-state index is 13.1. The first-order chi connectivity index (χ1) is 17.5. The Balaban J connectivity index is 1.39. The van der Waals surface area contributed by atoms with E-state index in [9.17, 15) is 21.6 Å². The lowest BCUT2D eigenvalue weighted by molar-refractivity contribution is -0.120. The molecule has 0 radical (unpaired) electrons. The molecular formula is C23H23Cl2N5O5S2. The van der Waals surface area contributed by atoms with E-state index in [-0.39, 0.29) is 39.1 Å². The van der Waals surface area contributed by atoms with Crippen LogP contribution in [0.25, 0.3) is 0 Å². The molecule has 196 valence electrons. The van der Waals surface area contributed by atoms with Crippen molar-refractivity contribution >= 4 is 60.8 Å². The Morgan fingerprint density at radius 1 is 0.973 bits per heavy atom. The molecule has 1 atom stereocenters. The number of carbonyl (C=O) groups is 1. The molecular weight excluding hydrogens is 561 g/mol. The van der Waals surface area contributed by atoms with Crippen LogP contribution in [-0.4, -0.2) is 50.1 Å². The number of hydrogen-bond acceptors (Lipinski definition) is 7. The van der Waals surface area contributed by atoms with Gasteiger partial charge in [-0.05, 0) is 55.3 Å². The highest BCUT2D eigenvalue weighted by atomic mass is 35.5. The summed E-state index contributed by atoms with van der Waals surface area (Å²) >= 11 is 12.3. The van der Waals surface area contributed by atoms with Crippen molar-refractivity contribution in [2.45, 2.75) is 23.5 Å². The Morgan fingerprint density at radius 2 is 1.62 bits per heavy atom. The fourth-order valence-electron chi connectivity index (χ4n) is 3.85. The largest absolute Gasteiger partial charge is 0.326 e. The number of sulfonamides is 2. The second-order valence-corrected chi connectivity index (χ2v) is 12.8. The van der Waals surface area contributed by atoms with Crippen molar-refractivity contribution in [1.29, 1.82) is 0 Å². The molecule has 1 aliphatic heterocycles. The van der Waals surface area contributed by atoms with Gasteiger partial charge in [0.2, 0.25) is 21.9 Å². The number of halogens is 2. The van der Waals surface area contributed by atoms with Gasteiger partial charge < -0.3 is 5.32 Å². The number of carbonyl (C=O) groups excluding carboxylic acids is 1. The number of aromatic nitrogens is 2. The first kappa shape index (κ1) is 27.3. The molecule has 0 unspecified atom stereocenters. The van der Waals surface area contributed by atoms with Gasteiger partial charge in [-0.2, -0.15) is 0 Å². The highest BCUT2D eigenvalue weighted by Gasteiger charge is 2.33. The predicted octanol–water partition coefficient (Wildman–Crippen LogP) is 3.76. The van der Waals surface area contributed by atoms with Crippen molar-refractivity contribution in [1.82, 2.24) is 14.3 Å². The maximum Gasteiger partial charge on any atom is 0.264 e. The van der Waals surface area contributed by atoms with Crippen molar-refractivity contribution in [3.05, 3.63) is 76.5 Å². The van der Waals surface area contributed by atoms with Crippen molar-refractivity contribution in [3.63, 3.8) is 0 Å². The van der Waals surface area contributed by atoms with Gasteiger partial charge in [-0.3, -0.25) is 4.79 Å². The van der Waals surface area contributed by atoms with E-state index < -0.39 is 26.0 Å². The minimum absolute atomic E-state index is 0.0176. The zero-order chi connectivity index (χ0) is 26.6. The number of piperidine rings is 1. The van der Waals surface area contributed by atoms with Gasteiger partial charge in [-0.1, -0.05) is 29.3 Å². The number of amides is 1. The molecule has 4 rings (SSSR count). The Kier molecular flexibility index (Phi) is 8.34. The van der Waals surface area contributed by atoms with Crippen LogP contribution in [-0.2, 0) is 30.6 Å². The van der Waals surface area contributed by atoms with Crippen molar-refractivity contribution in [2.75, 3.05) is 23.1 Å². The summed E-state index contributed by atoms with van der Waals surface area (Å²) in [4.78, 5) is 20.5. The molecule has 2 heterocycles. The number of nitrogens with one attached hydrogen (secondary N) is 2. The summed E-state index contributed by atoms with van der Waals surface area (Å²) in [6, 6.07) is 11.9. The third kappa shape index (κ3) is 6.76. The molecule has 1 amide bonds. The Hall–Kier alpha value is -2.77. The third-order valence-electron chi connectivity index (χ3n) is 5.76. The highest BCUT2D eigenvalue weighted by molar-refractivity contribution is 7.92. The smallest absolute Gasteiger partial charge is 0.264 e. The standard InChI is InChI=1S/C23H23Cl2N5O5S2/c24-20-5-1-6-21(25)19(20)15-36(32,33)30-13-2-4-16(14-30)22(31)28-17-7-9-18(10-8-17)37(34,35)29-23-26-11-3-12-27-23/h1,3,5-12,16H,2,4,13-15H2,(H,28,31)(H,26,27,29)/t16-/m0/s1. The van der Waals surface area contributed by atoms with Gasteiger partial charge >= 0.3 is 0 Å². The van der Waals surface area contributed by atoms with Crippen LogP contribution in [0.2, 0.25) is 10.0 Å². The lowest BCUT2D eigenvalue weighted by Crippen LogP contribution is -2.44. The second kappa shape index (κ2) is 11.3. The average molecular weight is 585 g/mol. The first-order valence-corrected chi connectivity index (χ1v) is 15.0. The van der Waals surface area contributed by atoms with E-state index in [2.05, 4.69) is 20.0 Å². The molecule has 37 heavy (non-hydrogen) atoms. The van der Waals surface area contributed by atoms with Gasteiger partial charge in [0.1, 0.15) is 0 Å². The van der Waals surface area contributed by atoms with Crippen molar-refractivity contribution < 1.29 is 21.6 Å². The molecule has 1 fully saturated rings. The van der Waals surface area contributed by atoms with Gasteiger partial charge in [0.25, 0.3) is 10.0 Å². The summed E-state index contributed by atoms with van der Waals surface area (Å²) < 4.78 is 54.7. The quantitative estimate of drug-likeness (QED) is 0.411. The van der Waals surface area contributed by atoms with E-state index in [4.69, 9.17) is 23.2 Å². The maximum atomic E-state index is 13.1. The molecule has 1 saturated heterocycles. The Morgan fingerprint density at radius 3 is 2.27 bits per heavy atom. The number of hydrogen-bond donors (Lipinski definition) is 2. The minimum atomic E-state index is -3.91. The molecule has 2 aromatic carbocycles. The highest BCUT2D eigenvalue weighted by Crippen LogP contribution is 2.29. The summed E-state index contributed by atoms with van der Waals surface area (Å²) in [7, 11) is -7.68. The van der Waals surface area contributed by atoms with E-state index in [1.807, 2.05) is 0 Å². The van der Waals surface area contributed by atoms with Crippen LogP contribution in [0.1, 0.15) is 18.4 Å². The van der Waals surface area contributed by atoms with Crippen LogP contribution in [0.4, 0.5) is 11.6 Å². The second-order valence-electron chi connectivity index (χ2n) is 8.35. The molecule has 0 saturated carbocycles. The Bertz CT molecular complexity index is 1470. The zero-order valence-corrected chi connectivity index (χ0v) is 22.5. The summed E-state index contributed by atoms with van der Waals surface area (Å²) in [6.45, 7) is 0.308. The third-order valence-corrected chi connectivity index (χ3v) is 9.58. The molecule has 1 aromatic heterocycles. The van der Waals surface area contributed by atoms with E-state index in [0.717, 1.165) is 0 Å². The topological polar surface area (TPSA) is 138 Å². The molecule has 1 aliphatic rings. The lowest BCUT2D eigenvalue weighted by atomic mass is 9.99. The average Bonchev–Trinajstić information content (AvgIpc) is 2.87. The summed E-state index contributed by atoms with van der Waals surface area (Å²) in [6.07, 6.45) is 3.84. The first-order valence-electron chi connectivity index (χ1n) is 11.2. The van der Waals surface area contributed by atoms with Gasteiger partial charge in [0.05, 0.1) is 16.6 Å². The molecule has 0 spiro atoms. The number of benzene rings is 2. The molecule has 0 aliphatic carbocycles. The summed E-state index contributed by atoms with van der Waals surface area (Å²) in [5, 5.41) is 3.26. The van der Waals surface area contributed by atoms with Crippen LogP contribution in [0.15, 0.2) is 65.8 Å². The fraction of sp³-hybridized carbons (Fsp3) is 0.261. The molecule has 14 heteroatoms. The van der Waals surface area contributed by atoms with Crippen molar-refractivity contribution in [3.8, 4) is 0 Å².